The summed E-state index contributed by atoms with van der Waals surface area (Å²) >= 11 is 1.37. The zero-order chi connectivity index (χ0) is 19.2. The number of carbonyl (C=O) groups is 2. The number of carbonyl (C=O) groups excluding carboxylic acids is 2. The van der Waals surface area contributed by atoms with Crippen LogP contribution in [0.1, 0.15) is 40.4 Å². The fraction of sp³-hybridized carbons (Fsp3) is 0.263. The quantitative estimate of drug-likeness (QED) is 0.656. The minimum Gasteiger partial charge on any atom is -0.347 e. The van der Waals surface area contributed by atoms with E-state index in [-0.39, 0.29) is 17.9 Å². The lowest BCUT2D eigenvalue weighted by molar-refractivity contribution is -0.121. The van der Waals surface area contributed by atoms with E-state index in [9.17, 15) is 9.59 Å². The first kappa shape index (κ1) is 18.8. The number of amides is 2. The van der Waals surface area contributed by atoms with Crippen LogP contribution in [0.4, 0.5) is 5.69 Å². The zero-order valence-electron chi connectivity index (χ0n) is 15.2. The Balaban J connectivity index is 1.76. The maximum absolute atomic E-state index is 12.4. The third-order valence-corrected chi connectivity index (χ3v) is 4.91. The molecule has 3 aromatic rings. The van der Waals surface area contributed by atoms with Gasteiger partial charge in [-0.2, -0.15) is 5.10 Å². The van der Waals surface area contributed by atoms with Gasteiger partial charge in [-0.05, 0) is 12.0 Å². The molecule has 2 heterocycles. The number of nitrogens with zero attached hydrogens (tertiary/aromatic N) is 3. The molecule has 0 aliphatic carbocycles. The van der Waals surface area contributed by atoms with Crippen molar-refractivity contribution < 1.29 is 9.59 Å². The van der Waals surface area contributed by atoms with E-state index in [1.807, 2.05) is 37.3 Å². The average molecular weight is 383 g/mol. The number of rotatable bonds is 7. The van der Waals surface area contributed by atoms with E-state index in [1.165, 1.54) is 11.3 Å². The number of aryl methyl sites for hydroxylation is 1. The highest BCUT2D eigenvalue weighted by Gasteiger charge is 2.20. The second kappa shape index (κ2) is 8.59. The Kier molecular flexibility index (Phi) is 5.97. The fourth-order valence-electron chi connectivity index (χ4n) is 2.58. The highest BCUT2D eigenvalue weighted by atomic mass is 32.1. The SMILES string of the molecule is CCC(=O)N[C@H](Cc1ccccc1)c1nc(C(=O)Nc2cnn(C)c2)cs1. The van der Waals surface area contributed by atoms with Crippen LogP contribution in [-0.4, -0.2) is 26.6 Å². The van der Waals surface area contributed by atoms with E-state index in [0.717, 1.165) is 5.56 Å². The van der Waals surface area contributed by atoms with Crippen molar-refractivity contribution in [3.63, 3.8) is 0 Å². The summed E-state index contributed by atoms with van der Waals surface area (Å²) in [5.41, 5.74) is 2.02. The Morgan fingerprint density at radius 1 is 1.26 bits per heavy atom. The lowest BCUT2D eigenvalue weighted by Crippen LogP contribution is -2.29. The van der Waals surface area contributed by atoms with Crippen LogP contribution in [0.5, 0.6) is 0 Å². The van der Waals surface area contributed by atoms with Gasteiger partial charge < -0.3 is 10.6 Å². The predicted octanol–water partition coefficient (Wildman–Crippen LogP) is 2.94. The van der Waals surface area contributed by atoms with Gasteiger partial charge in [-0.25, -0.2) is 4.98 Å². The monoisotopic (exact) mass is 383 g/mol. The molecule has 27 heavy (non-hydrogen) atoms. The molecule has 1 atom stereocenters. The number of thiazole rings is 1. The number of hydrogen-bond donors (Lipinski definition) is 2. The number of hydrogen-bond acceptors (Lipinski definition) is 5. The van der Waals surface area contributed by atoms with E-state index in [0.29, 0.717) is 29.2 Å². The van der Waals surface area contributed by atoms with Crippen LogP contribution < -0.4 is 10.6 Å². The molecular weight excluding hydrogens is 362 g/mol. The molecule has 3 rings (SSSR count). The number of aromatic nitrogens is 3. The zero-order valence-corrected chi connectivity index (χ0v) is 16.0. The van der Waals surface area contributed by atoms with Gasteiger partial charge in [0.05, 0.1) is 17.9 Å². The van der Waals surface area contributed by atoms with Crippen molar-refractivity contribution in [2.24, 2.45) is 7.05 Å². The van der Waals surface area contributed by atoms with Gasteiger partial charge in [0.15, 0.2) is 0 Å². The van der Waals surface area contributed by atoms with Crippen molar-refractivity contribution in [1.29, 1.82) is 0 Å². The summed E-state index contributed by atoms with van der Waals surface area (Å²) in [5, 5.41) is 12.2. The Morgan fingerprint density at radius 3 is 2.70 bits per heavy atom. The summed E-state index contributed by atoms with van der Waals surface area (Å²) in [6.45, 7) is 1.81. The second-order valence-corrected chi connectivity index (χ2v) is 6.98. The number of nitrogens with one attached hydrogen (secondary N) is 2. The molecular formula is C19H21N5O2S. The van der Waals surface area contributed by atoms with E-state index < -0.39 is 0 Å². The molecule has 0 aliphatic heterocycles. The van der Waals surface area contributed by atoms with Crippen molar-refractivity contribution in [2.45, 2.75) is 25.8 Å². The molecule has 1 aromatic carbocycles. The lowest BCUT2D eigenvalue weighted by Gasteiger charge is -2.16. The Hall–Kier alpha value is -3.00. The number of benzene rings is 1. The van der Waals surface area contributed by atoms with Crippen LogP contribution in [0, 0.1) is 0 Å². The molecule has 0 saturated heterocycles. The van der Waals surface area contributed by atoms with Crippen molar-refractivity contribution >= 4 is 28.8 Å². The summed E-state index contributed by atoms with van der Waals surface area (Å²) < 4.78 is 1.61. The summed E-state index contributed by atoms with van der Waals surface area (Å²) in [5.74, 6) is -0.349. The van der Waals surface area contributed by atoms with Gasteiger partial charge in [-0.15, -0.1) is 11.3 Å². The molecule has 2 N–H and O–H groups in total. The highest BCUT2D eigenvalue weighted by Crippen LogP contribution is 2.23. The first-order valence-corrected chi connectivity index (χ1v) is 9.52. The summed E-state index contributed by atoms with van der Waals surface area (Å²) in [7, 11) is 1.78. The van der Waals surface area contributed by atoms with Crippen molar-refractivity contribution in [1.82, 2.24) is 20.1 Å². The van der Waals surface area contributed by atoms with Crippen LogP contribution in [0.25, 0.3) is 0 Å². The van der Waals surface area contributed by atoms with Gasteiger partial charge in [0.25, 0.3) is 5.91 Å². The maximum atomic E-state index is 12.4. The molecule has 0 unspecified atom stereocenters. The molecule has 0 spiro atoms. The van der Waals surface area contributed by atoms with Gasteiger partial charge in [0.1, 0.15) is 10.7 Å². The third-order valence-electron chi connectivity index (χ3n) is 3.95. The molecule has 0 fully saturated rings. The van der Waals surface area contributed by atoms with E-state index in [1.54, 1.807) is 29.5 Å². The first-order valence-electron chi connectivity index (χ1n) is 8.64. The van der Waals surface area contributed by atoms with Crippen molar-refractivity contribution in [3.8, 4) is 0 Å². The topological polar surface area (TPSA) is 88.9 Å². The number of anilines is 1. The minimum absolute atomic E-state index is 0.0486. The molecule has 7 nitrogen and oxygen atoms in total. The van der Waals surface area contributed by atoms with Gasteiger partial charge in [0, 0.05) is 25.0 Å². The average Bonchev–Trinajstić information content (AvgIpc) is 3.31. The third kappa shape index (κ3) is 5.01. The molecule has 0 aliphatic rings. The molecule has 140 valence electrons. The summed E-state index contributed by atoms with van der Waals surface area (Å²) in [4.78, 5) is 28.8. The fourth-order valence-corrected chi connectivity index (χ4v) is 3.43. The molecule has 0 bridgehead atoms. The summed E-state index contributed by atoms with van der Waals surface area (Å²) in [6.07, 6.45) is 4.30. The standard InChI is InChI=1S/C19H21N5O2S/c1-3-17(25)22-15(9-13-7-5-4-6-8-13)19-23-16(12-27-19)18(26)21-14-10-20-24(2)11-14/h4-8,10-12,15H,3,9H2,1-2H3,(H,21,26)(H,22,25)/t15-/m1/s1. The van der Waals surface area contributed by atoms with Gasteiger partial charge >= 0.3 is 0 Å². The first-order chi connectivity index (χ1) is 13.0. The van der Waals surface area contributed by atoms with Crippen molar-refractivity contribution in [3.05, 3.63) is 64.4 Å². The van der Waals surface area contributed by atoms with Crippen LogP contribution in [0.15, 0.2) is 48.1 Å². The predicted molar refractivity (Wildman–Crippen MR) is 105 cm³/mol. The minimum atomic E-state index is -0.300. The Bertz CT molecular complexity index is 919. The summed E-state index contributed by atoms with van der Waals surface area (Å²) in [6, 6.07) is 9.62. The maximum Gasteiger partial charge on any atom is 0.275 e. The normalized spacial score (nSPS) is 11.8. The molecule has 2 aromatic heterocycles. The smallest absolute Gasteiger partial charge is 0.275 e. The van der Waals surface area contributed by atoms with Crippen LogP contribution >= 0.6 is 11.3 Å². The molecule has 0 radical (unpaired) electrons. The van der Waals surface area contributed by atoms with Crippen LogP contribution in [0.3, 0.4) is 0 Å². The second-order valence-electron chi connectivity index (χ2n) is 6.09. The van der Waals surface area contributed by atoms with Gasteiger partial charge in [-0.3, -0.25) is 14.3 Å². The van der Waals surface area contributed by atoms with Gasteiger partial charge in [0.2, 0.25) is 5.91 Å². The largest absolute Gasteiger partial charge is 0.347 e. The molecule has 0 saturated carbocycles. The molecule has 2 amide bonds. The Labute approximate surface area is 161 Å². The van der Waals surface area contributed by atoms with E-state index >= 15 is 0 Å². The van der Waals surface area contributed by atoms with Crippen LogP contribution in [-0.2, 0) is 18.3 Å². The van der Waals surface area contributed by atoms with Crippen LogP contribution in [0.2, 0.25) is 0 Å². The highest BCUT2D eigenvalue weighted by molar-refractivity contribution is 7.10. The van der Waals surface area contributed by atoms with Crippen molar-refractivity contribution in [2.75, 3.05) is 5.32 Å². The molecule has 8 heteroatoms. The van der Waals surface area contributed by atoms with E-state index in [4.69, 9.17) is 0 Å². The van der Waals surface area contributed by atoms with Gasteiger partial charge in [-0.1, -0.05) is 37.3 Å². The van der Waals surface area contributed by atoms with E-state index in [2.05, 4.69) is 20.7 Å². The lowest BCUT2D eigenvalue weighted by atomic mass is 10.1. The Morgan fingerprint density at radius 2 is 2.04 bits per heavy atom.